The third-order valence-electron chi connectivity index (χ3n) is 6.68. The SMILES string of the molecule is CC(=O)Oc1ccc(N2C(=O)[C@H]3[C@H](CCC(N)=O)N[C@]4(C(=O)Nc5ccccc54)[C@@H]3C2=O)cc1. The van der Waals surface area contributed by atoms with Crippen LogP contribution in [0, 0.1) is 11.8 Å². The maximum absolute atomic E-state index is 13.8. The first-order valence-corrected chi connectivity index (χ1v) is 10.9. The quantitative estimate of drug-likeness (QED) is 0.338. The van der Waals surface area contributed by atoms with E-state index in [2.05, 4.69) is 10.6 Å². The molecule has 4 amide bonds. The van der Waals surface area contributed by atoms with Crippen LogP contribution in [-0.4, -0.2) is 35.6 Å². The Bertz CT molecular complexity index is 1240. The Balaban J connectivity index is 1.57. The lowest BCUT2D eigenvalue weighted by molar-refractivity contribution is -0.132. The fourth-order valence-electron chi connectivity index (χ4n) is 5.39. The number of imide groups is 1. The van der Waals surface area contributed by atoms with E-state index in [0.717, 1.165) is 4.90 Å². The highest BCUT2D eigenvalue weighted by Gasteiger charge is 2.70. The molecule has 3 aliphatic heterocycles. The summed E-state index contributed by atoms with van der Waals surface area (Å²) in [5.74, 6) is -4.03. The molecule has 5 rings (SSSR count). The zero-order valence-electron chi connectivity index (χ0n) is 18.2. The van der Waals surface area contributed by atoms with E-state index < -0.39 is 53.0 Å². The number of carbonyl (C=O) groups excluding carboxylic acids is 5. The molecular weight excluding hydrogens is 440 g/mol. The van der Waals surface area contributed by atoms with Crippen molar-refractivity contribution in [2.24, 2.45) is 17.6 Å². The second-order valence-electron chi connectivity index (χ2n) is 8.67. The number of benzene rings is 2. The van der Waals surface area contributed by atoms with Gasteiger partial charge in [0.05, 0.1) is 17.5 Å². The molecule has 2 fully saturated rings. The number of fused-ring (bicyclic) bond motifs is 4. The van der Waals surface area contributed by atoms with Gasteiger partial charge in [0, 0.05) is 30.6 Å². The minimum Gasteiger partial charge on any atom is -0.427 e. The lowest BCUT2D eigenvalue weighted by atomic mass is 9.76. The highest BCUT2D eigenvalue weighted by atomic mass is 16.5. The van der Waals surface area contributed by atoms with Gasteiger partial charge in [0.1, 0.15) is 11.3 Å². The first-order valence-electron chi connectivity index (χ1n) is 10.9. The van der Waals surface area contributed by atoms with Crippen molar-refractivity contribution in [1.29, 1.82) is 0 Å². The molecule has 0 saturated carbocycles. The van der Waals surface area contributed by atoms with Gasteiger partial charge in [-0.1, -0.05) is 18.2 Å². The van der Waals surface area contributed by atoms with Gasteiger partial charge in [0.25, 0.3) is 0 Å². The average Bonchev–Trinajstić information content (AvgIpc) is 3.37. The smallest absolute Gasteiger partial charge is 0.308 e. The zero-order chi connectivity index (χ0) is 24.2. The van der Waals surface area contributed by atoms with E-state index in [0.29, 0.717) is 16.9 Å². The number of amides is 4. The van der Waals surface area contributed by atoms with Crippen LogP contribution in [0.5, 0.6) is 5.75 Å². The largest absolute Gasteiger partial charge is 0.427 e. The van der Waals surface area contributed by atoms with E-state index in [1.807, 2.05) is 0 Å². The summed E-state index contributed by atoms with van der Waals surface area (Å²) in [4.78, 5) is 64.4. The van der Waals surface area contributed by atoms with Crippen molar-refractivity contribution in [2.75, 3.05) is 10.2 Å². The minimum absolute atomic E-state index is 0.00121. The van der Waals surface area contributed by atoms with Crippen molar-refractivity contribution in [1.82, 2.24) is 5.32 Å². The van der Waals surface area contributed by atoms with Crippen LogP contribution in [0.1, 0.15) is 25.3 Å². The van der Waals surface area contributed by atoms with Gasteiger partial charge in [-0.15, -0.1) is 0 Å². The maximum atomic E-state index is 13.8. The number of esters is 1. The number of anilines is 2. The topological polar surface area (TPSA) is 148 Å². The third-order valence-corrected chi connectivity index (χ3v) is 6.68. The first kappa shape index (κ1) is 21.8. The molecule has 174 valence electrons. The number of primary amides is 1. The van der Waals surface area contributed by atoms with Gasteiger partial charge in [-0.25, -0.2) is 4.90 Å². The van der Waals surface area contributed by atoms with Crippen LogP contribution < -0.4 is 26.0 Å². The lowest BCUT2D eigenvalue weighted by Gasteiger charge is -2.29. The van der Waals surface area contributed by atoms with Gasteiger partial charge in [-0.2, -0.15) is 0 Å². The summed E-state index contributed by atoms with van der Waals surface area (Å²) >= 11 is 0. The molecule has 0 bridgehead atoms. The highest BCUT2D eigenvalue weighted by molar-refractivity contribution is 6.25. The third kappa shape index (κ3) is 3.10. The molecule has 0 aromatic heterocycles. The molecule has 3 aliphatic rings. The normalized spacial score (nSPS) is 27.0. The van der Waals surface area contributed by atoms with E-state index in [9.17, 15) is 24.0 Å². The van der Waals surface area contributed by atoms with Crippen molar-refractivity contribution in [2.45, 2.75) is 31.3 Å². The van der Waals surface area contributed by atoms with Crippen LogP contribution in [-0.2, 0) is 29.5 Å². The number of hydrogen-bond donors (Lipinski definition) is 3. The van der Waals surface area contributed by atoms with E-state index in [1.54, 1.807) is 24.3 Å². The molecule has 2 aromatic carbocycles. The number of hydrogen-bond acceptors (Lipinski definition) is 7. The van der Waals surface area contributed by atoms with E-state index in [4.69, 9.17) is 10.5 Å². The summed E-state index contributed by atoms with van der Waals surface area (Å²) in [5.41, 5.74) is 5.36. The van der Waals surface area contributed by atoms with Crippen LogP contribution in [0.3, 0.4) is 0 Å². The summed E-state index contributed by atoms with van der Waals surface area (Å²) in [6, 6.07) is 12.4. The molecule has 10 nitrogen and oxygen atoms in total. The van der Waals surface area contributed by atoms with Crippen LogP contribution in [0.2, 0.25) is 0 Å². The molecule has 3 heterocycles. The van der Waals surface area contributed by atoms with E-state index >= 15 is 0 Å². The van der Waals surface area contributed by atoms with Crippen LogP contribution in [0.15, 0.2) is 48.5 Å². The number of para-hydroxylation sites is 1. The summed E-state index contributed by atoms with van der Waals surface area (Å²) in [7, 11) is 0. The Morgan fingerprint density at radius 3 is 2.44 bits per heavy atom. The molecule has 0 radical (unpaired) electrons. The van der Waals surface area contributed by atoms with Gasteiger partial charge >= 0.3 is 5.97 Å². The fraction of sp³-hybridized carbons (Fsp3) is 0.292. The van der Waals surface area contributed by atoms with Gasteiger partial charge in [-0.3, -0.25) is 29.3 Å². The Labute approximate surface area is 194 Å². The summed E-state index contributed by atoms with van der Waals surface area (Å²) in [6.45, 7) is 1.27. The van der Waals surface area contributed by atoms with Crippen molar-refractivity contribution < 1.29 is 28.7 Å². The minimum atomic E-state index is -1.44. The van der Waals surface area contributed by atoms with Crippen molar-refractivity contribution in [3.63, 3.8) is 0 Å². The van der Waals surface area contributed by atoms with Crippen molar-refractivity contribution >= 4 is 41.0 Å². The number of nitrogens with two attached hydrogens (primary N) is 1. The Kier molecular flexibility index (Phi) is 4.98. The van der Waals surface area contributed by atoms with Gasteiger partial charge in [0.15, 0.2) is 0 Å². The van der Waals surface area contributed by atoms with Crippen LogP contribution in [0.25, 0.3) is 0 Å². The Morgan fingerprint density at radius 2 is 1.76 bits per heavy atom. The van der Waals surface area contributed by atoms with Crippen LogP contribution in [0.4, 0.5) is 11.4 Å². The molecule has 0 aliphatic carbocycles. The standard InChI is InChI=1S/C24H22N4O6/c1-12(29)34-14-8-6-13(7-9-14)28-21(31)19-17(10-11-18(25)30)27-24(20(19)22(28)32)15-4-2-3-5-16(15)26-23(24)33/h2-9,17,19-20,27H,10-11H2,1H3,(H2,25,30)(H,26,33)/t17-,19-,20-,24-/m0/s1. The van der Waals surface area contributed by atoms with E-state index in [1.165, 1.54) is 31.2 Å². The average molecular weight is 462 g/mol. The number of carbonyl (C=O) groups is 5. The summed E-state index contributed by atoms with van der Waals surface area (Å²) < 4.78 is 5.03. The lowest BCUT2D eigenvalue weighted by Crippen LogP contribution is -2.53. The van der Waals surface area contributed by atoms with E-state index in [-0.39, 0.29) is 18.6 Å². The Morgan fingerprint density at radius 1 is 1.06 bits per heavy atom. The van der Waals surface area contributed by atoms with Crippen LogP contribution >= 0.6 is 0 Å². The monoisotopic (exact) mass is 462 g/mol. The van der Waals surface area contributed by atoms with Gasteiger partial charge in [0.2, 0.25) is 23.6 Å². The van der Waals surface area contributed by atoms with Crippen molar-refractivity contribution in [3.05, 3.63) is 54.1 Å². The summed E-state index contributed by atoms with van der Waals surface area (Å²) in [6.07, 6.45) is 0.199. The molecule has 1 spiro atoms. The molecule has 0 unspecified atom stereocenters. The molecular formula is C24H22N4O6. The molecule has 34 heavy (non-hydrogen) atoms. The van der Waals surface area contributed by atoms with Crippen molar-refractivity contribution in [3.8, 4) is 5.75 Å². The number of ether oxygens (including phenoxy) is 1. The molecule has 10 heteroatoms. The number of rotatable bonds is 5. The second-order valence-corrected chi connectivity index (χ2v) is 8.67. The molecule has 2 saturated heterocycles. The first-order chi connectivity index (χ1) is 16.2. The highest BCUT2D eigenvalue weighted by Crippen LogP contribution is 2.54. The molecule has 4 atom stereocenters. The Hall–Kier alpha value is -4.05. The predicted octanol–water partition coefficient (Wildman–Crippen LogP) is 0.802. The number of nitrogens with one attached hydrogen (secondary N) is 2. The maximum Gasteiger partial charge on any atom is 0.308 e. The second kappa shape index (κ2) is 7.77. The predicted molar refractivity (Wildman–Crippen MR) is 119 cm³/mol. The van der Waals surface area contributed by atoms with Gasteiger partial charge in [-0.05, 0) is 36.8 Å². The number of nitrogens with zero attached hydrogens (tertiary/aromatic N) is 1. The van der Waals surface area contributed by atoms with Gasteiger partial charge < -0.3 is 15.8 Å². The fourth-order valence-corrected chi connectivity index (χ4v) is 5.39. The molecule has 2 aromatic rings. The molecule has 4 N–H and O–H groups in total. The summed E-state index contributed by atoms with van der Waals surface area (Å²) in [5, 5.41) is 6.07. The zero-order valence-corrected chi connectivity index (χ0v) is 18.2.